The van der Waals surface area contributed by atoms with E-state index in [1.54, 1.807) is 11.3 Å². The van der Waals surface area contributed by atoms with Crippen molar-refractivity contribution in [1.82, 2.24) is 19.8 Å². The average Bonchev–Trinajstić information content (AvgIpc) is 3.28. The first-order chi connectivity index (χ1) is 14.6. The summed E-state index contributed by atoms with van der Waals surface area (Å²) in [6.07, 6.45) is 2.03. The predicted molar refractivity (Wildman–Crippen MR) is 116 cm³/mol. The van der Waals surface area contributed by atoms with Crippen molar-refractivity contribution in [2.75, 3.05) is 13.1 Å². The van der Waals surface area contributed by atoms with Gasteiger partial charge in [0.05, 0.1) is 29.4 Å². The van der Waals surface area contributed by atoms with Crippen molar-refractivity contribution >= 4 is 17.2 Å². The van der Waals surface area contributed by atoms with Crippen LogP contribution < -0.4 is 0 Å². The Morgan fingerprint density at radius 2 is 2.10 bits per heavy atom. The number of piperidine rings is 1. The van der Waals surface area contributed by atoms with E-state index in [2.05, 4.69) is 33.8 Å². The molecule has 0 spiro atoms. The summed E-state index contributed by atoms with van der Waals surface area (Å²) in [6, 6.07) is 8.46. The number of hydrogen-bond donors (Lipinski definition) is 0. The lowest BCUT2D eigenvalue weighted by molar-refractivity contribution is -0.140. The van der Waals surface area contributed by atoms with Crippen LogP contribution >= 0.6 is 11.3 Å². The number of aryl methyl sites for hydroxylation is 2. The van der Waals surface area contributed by atoms with Gasteiger partial charge in [-0.25, -0.2) is 9.97 Å². The maximum atomic E-state index is 13.1. The van der Waals surface area contributed by atoms with Crippen molar-refractivity contribution in [2.24, 2.45) is 5.92 Å². The van der Waals surface area contributed by atoms with Crippen LogP contribution in [0.2, 0.25) is 0 Å². The van der Waals surface area contributed by atoms with E-state index in [9.17, 15) is 4.79 Å². The first-order valence-corrected chi connectivity index (χ1v) is 11.4. The molecule has 3 aliphatic rings. The fourth-order valence-corrected chi connectivity index (χ4v) is 5.19. The summed E-state index contributed by atoms with van der Waals surface area (Å²) < 4.78 is 5.99. The monoisotopic (exact) mass is 422 g/mol. The van der Waals surface area contributed by atoms with Crippen molar-refractivity contribution in [3.63, 3.8) is 0 Å². The van der Waals surface area contributed by atoms with Gasteiger partial charge in [0.2, 0.25) is 11.8 Å². The van der Waals surface area contributed by atoms with Gasteiger partial charge in [-0.3, -0.25) is 9.69 Å². The maximum Gasteiger partial charge on any atom is 0.227 e. The smallest absolute Gasteiger partial charge is 0.227 e. The molecule has 3 aliphatic heterocycles. The number of thiazole rings is 1. The van der Waals surface area contributed by atoms with Crippen LogP contribution in [-0.4, -0.2) is 44.8 Å². The van der Waals surface area contributed by atoms with Gasteiger partial charge in [-0.15, -0.1) is 11.3 Å². The summed E-state index contributed by atoms with van der Waals surface area (Å²) in [5.41, 5.74) is 5.98. The van der Waals surface area contributed by atoms with Gasteiger partial charge in [-0.2, -0.15) is 0 Å². The zero-order valence-corrected chi connectivity index (χ0v) is 18.2. The quantitative estimate of drug-likeness (QED) is 0.621. The molecule has 2 atom stereocenters. The normalized spacial score (nSPS) is 21.9. The number of carbonyl (C=O) groups is 1. The van der Waals surface area contributed by atoms with Crippen LogP contribution in [0.25, 0.3) is 11.5 Å². The molecule has 7 heteroatoms. The van der Waals surface area contributed by atoms with Crippen LogP contribution in [-0.2, 0) is 17.9 Å². The lowest BCUT2D eigenvalue weighted by Gasteiger charge is -2.35. The van der Waals surface area contributed by atoms with Crippen LogP contribution in [0.1, 0.15) is 35.6 Å². The number of nitrogens with zero attached hydrogens (tertiary/aromatic N) is 4. The van der Waals surface area contributed by atoms with Gasteiger partial charge in [-0.1, -0.05) is 17.7 Å². The second-order valence-corrected chi connectivity index (χ2v) is 9.18. The minimum Gasteiger partial charge on any atom is -0.441 e. The van der Waals surface area contributed by atoms with E-state index < -0.39 is 0 Å². The Bertz CT molecular complexity index is 1050. The fourth-order valence-electron chi connectivity index (χ4n) is 4.65. The third kappa shape index (κ3) is 3.79. The number of rotatable bonds is 5. The lowest BCUT2D eigenvalue weighted by Crippen LogP contribution is -2.47. The van der Waals surface area contributed by atoms with Gasteiger partial charge in [0, 0.05) is 36.6 Å². The molecule has 1 aromatic carbocycles. The third-order valence-electron chi connectivity index (χ3n) is 6.22. The number of carbonyl (C=O) groups excluding carboxylic acids is 1. The Balaban J connectivity index is 1.33. The molecule has 156 valence electrons. The van der Waals surface area contributed by atoms with Crippen molar-refractivity contribution in [2.45, 2.75) is 45.8 Å². The molecule has 0 saturated carbocycles. The molecule has 2 bridgehead atoms. The molecule has 30 heavy (non-hydrogen) atoms. The molecule has 0 radical (unpaired) electrons. The zero-order valence-electron chi connectivity index (χ0n) is 17.4. The lowest BCUT2D eigenvalue weighted by atomic mass is 9.94. The Hall–Kier alpha value is -2.51. The first-order valence-electron chi connectivity index (χ1n) is 10.5. The van der Waals surface area contributed by atoms with E-state index in [0.29, 0.717) is 19.0 Å². The molecule has 3 saturated heterocycles. The third-order valence-corrected chi connectivity index (χ3v) is 6.85. The number of hydrogen-bond acceptors (Lipinski definition) is 6. The summed E-state index contributed by atoms with van der Waals surface area (Å²) >= 11 is 1.58. The minimum absolute atomic E-state index is 0.0610. The molecule has 6 rings (SSSR count). The van der Waals surface area contributed by atoms with Crippen LogP contribution in [0, 0.1) is 19.8 Å². The second kappa shape index (κ2) is 7.96. The van der Waals surface area contributed by atoms with E-state index in [-0.39, 0.29) is 17.9 Å². The highest BCUT2D eigenvalue weighted by Crippen LogP contribution is 2.32. The average molecular weight is 423 g/mol. The molecule has 6 nitrogen and oxygen atoms in total. The maximum absolute atomic E-state index is 13.1. The van der Waals surface area contributed by atoms with Crippen LogP contribution in [0.3, 0.4) is 0 Å². The Morgan fingerprint density at radius 3 is 2.90 bits per heavy atom. The highest BCUT2D eigenvalue weighted by Gasteiger charge is 2.41. The Labute approximate surface area is 180 Å². The number of fused-ring (bicyclic) bond motifs is 4. The van der Waals surface area contributed by atoms with Gasteiger partial charge >= 0.3 is 0 Å². The Kier molecular flexibility index (Phi) is 5.16. The molecule has 2 aromatic heterocycles. The fraction of sp³-hybridized carbons (Fsp3) is 0.435. The second-order valence-electron chi connectivity index (χ2n) is 8.46. The summed E-state index contributed by atoms with van der Waals surface area (Å²) in [5.74, 6) is 1.86. The summed E-state index contributed by atoms with van der Waals surface area (Å²) in [6.45, 7) is 7.05. The first kappa shape index (κ1) is 19.5. The largest absolute Gasteiger partial charge is 0.441 e. The van der Waals surface area contributed by atoms with Crippen LogP contribution in [0.15, 0.2) is 39.6 Å². The number of aromatic nitrogens is 2. The highest BCUT2D eigenvalue weighted by molar-refractivity contribution is 7.07. The number of benzene rings is 1. The highest BCUT2D eigenvalue weighted by atomic mass is 32.1. The van der Waals surface area contributed by atoms with E-state index in [4.69, 9.17) is 9.40 Å². The van der Waals surface area contributed by atoms with Gasteiger partial charge in [0.25, 0.3) is 0 Å². The number of oxazole rings is 1. The van der Waals surface area contributed by atoms with Crippen molar-refractivity contribution in [3.8, 4) is 11.5 Å². The molecule has 3 aromatic rings. The van der Waals surface area contributed by atoms with Gasteiger partial charge in [-0.05, 0) is 38.8 Å². The molecule has 1 amide bonds. The van der Waals surface area contributed by atoms with E-state index in [1.807, 2.05) is 29.9 Å². The SMILES string of the molecule is Cc1cccc(-c2nc(CN3C[C@H]4CC[C@@H](C3)N(Cc3cscn3)C4=O)c(C)o2)c1. The molecular weight excluding hydrogens is 396 g/mol. The molecular formula is C23H26N4O2S. The molecule has 3 fully saturated rings. The van der Waals surface area contributed by atoms with Gasteiger partial charge in [0.15, 0.2) is 0 Å². The van der Waals surface area contributed by atoms with Crippen molar-refractivity contribution in [1.29, 1.82) is 0 Å². The van der Waals surface area contributed by atoms with Crippen LogP contribution in [0.4, 0.5) is 0 Å². The minimum atomic E-state index is 0.0610. The summed E-state index contributed by atoms with van der Waals surface area (Å²) in [7, 11) is 0. The summed E-state index contributed by atoms with van der Waals surface area (Å²) in [5, 5.41) is 2.04. The van der Waals surface area contributed by atoms with E-state index in [0.717, 1.165) is 48.6 Å². The zero-order chi connectivity index (χ0) is 20.7. The van der Waals surface area contributed by atoms with Crippen molar-refractivity contribution < 1.29 is 9.21 Å². The molecule has 0 unspecified atom stereocenters. The predicted octanol–water partition coefficient (Wildman–Crippen LogP) is 4.04. The molecule has 5 heterocycles. The molecule has 0 aliphatic carbocycles. The van der Waals surface area contributed by atoms with Crippen LogP contribution in [0.5, 0.6) is 0 Å². The van der Waals surface area contributed by atoms with Gasteiger partial charge in [0.1, 0.15) is 5.76 Å². The van der Waals surface area contributed by atoms with E-state index in [1.165, 1.54) is 5.56 Å². The standard InChI is InChI=1S/C23H26N4O2S/c1-15-4-3-5-17(8-15)22-25-21(16(2)29-22)12-26-9-18-6-7-20(11-26)27(23(18)28)10-19-13-30-14-24-19/h3-5,8,13-14,18,20H,6-7,9-12H2,1-2H3/t18-,20+/m1/s1. The topological polar surface area (TPSA) is 62.5 Å². The van der Waals surface area contributed by atoms with Crippen molar-refractivity contribution in [3.05, 3.63) is 57.9 Å². The Morgan fingerprint density at radius 1 is 1.20 bits per heavy atom. The van der Waals surface area contributed by atoms with E-state index >= 15 is 0 Å². The summed E-state index contributed by atoms with van der Waals surface area (Å²) in [4.78, 5) is 26.7. The molecule has 0 N–H and O–H groups in total. The van der Waals surface area contributed by atoms with Gasteiger partial charge < -0.3 is 9.32 Å². The number of amides is 1.